The molecule has 134 valence electrons. The summed E-state index contributed by atoms with van der Waals surface area (Å²) in [5.74, 6) is 0.219. The van der Waals surface area contributed by atoms with Crippen molar-refractivity contribution in [1.29, 1.82) is 0 Å². The van der Waals surface area contributed by atoms with Crippen LogP contribution in [0.25, 0.3) is 0 Å². The van der Waals surface area contributed by atoms with Gasteiger partial charge in [-0.15, -0.1) is 0 Å². The number of carbonyl (C=O) groups is 1. The minimum Gasteiger partial charge on any atom is -0.493 e. The highest BCUT2D eigenvalue weighted by molar-refractivity contribution is 9.10. The molecule has 0 amide bonds. The van der Waals surface area contributed by atoms with Crippen LogP contribution < -0.4 is 14.8 Å². The van der Waals surface area contributed by atoms with Crippen LogP contribution in [0.3, 0.4) is 0 Å². The Morgan fingerprint density at radius 2 is 2.04 bits per heavy atom. The molecule has 2 aromatic carbocycles. The molecule has 7 heteroatoms. The van der Waals surface area contributed by atoms with Crippen molar-refractivity contribution in [2.45, 2.75) is 26.5 Å². The molecule has 0 fully saturated rings. The van der Waals surface area contributed by atoms with Crippen molar-refractivity contribution >= 4 is 39.2 Å². The summed E-state index contributed by atoms with van der Waals surface area (Å²) in [6, 6.07) is 8.61. The molecule has 0 saturated heterocycles. The summed E-state index contributed by atoms with van der Waals surface area (Å²) in [5.41, 5.74) is 1.68. The number of anilines is 1. The Bertz CT molecular complexity index is 780. The molecule has 0 heterocycles. The van der Waals surface area contributed by atoms with Crippen LogP contribution in [0.1, 0.15) is 29.8 Å². The van der Waals surface area contributed by atoms with Gasteiger partial charge in [0.2, 0.25) is 0 Å². The van der Waals surface area contributed by atoms with Gasteiger partial charge in [-0.1, -0.05) is 11.6 Å². The van der Waals surface area contributed by atoms with Gasteiger partial charge in [-0.05, 0) is 65.7 Å². The number of hydrogen-bond donors (Lipinski definition) is 2. The fourth-order valence-electron chi connectivity index (χ4n) is 2.23. The third-order valence-electron chi connectivity index (χ3n) is 3.34. The zero-order chi connectivity index (χ0) is 18.6. The van der Waals surface area contributed by atoms with Crippen LogP contribution >= 0.6 is 27.5 Å². The number of carboxylic acid groups (broad SMARTS) is 1. The lowest BCUT2D eigenvalue weighted by molar-refractivity contribution is 0.0697. The van der Waals surface area contributed by atoms with E-state index in [0.29, 0.717) is 23.7 Å². The van der Waals surface area contributed by atoms with Crippen LogP contribution in [0.15, 0.2) is 34.8 Å². The zero-order valence-electron chi connectivity index (χ0n) is 14.1. The van der Waals surface area contributed by atoms with Crippen LogP contribution in [0.4, 0.5) is 5.69 Å². The maximum Gasteiger partial charge on any atom is 0.337 e. The summed E-state index contributed by atoms with van der Waals surface area (Å²) in [7, 11) is 1.59. The monoisotopic (exact) mass is 427 g/mol. The van der Waals surface area contributed by atoms with Gasteiger partial charge < -0.3 is 19.9 Å². The number of methoxy groups -OCH3 is 1. The topological polar surface area (TPSA) is 67.8 Å². The molecule has 0 unspecified atom stereocenters. The Labute approximate surface area is 160 Å². The molecule has 0 aliphatic carbocycles. The highest BCUT2D eigenvalue weighted by Crippen LogP contribution is 2.37. The van der Waals surface area contributed by atoms with Crippen molar-refractivity contribution in [2.24, 2.45) is 0 Å². The predicted molar refractivity (Wildman–Crippen MR) is 102 cm³/mol. The smallest absolute Gasteiger partial charge is 0.337 e. The van der Waals surface area contributed by atoms with Gasteiger partial charge in [-0.3, -0.25) is 0 Å². The third kappa shape index (κ3) is 5.03. The van der Waals surface area contributed by atoms with E-state index in [1.807, 2.05) is 26.0 Å². The summed E-state index contributed by atoms with van der Waals surface area (Å²) in [4.78, 5) is 11.2. The molecule has 25 heavy (non-hydrogen) atoms. The first-order chi connectivity index (χ1) is 11.8. The summed E-state index contributed by atoms with van der Waals surface area (Å²) in [6.07, 6.45) is 0.0256. The summed E-state index contributed by atoms with van der Waals surface area (Å²) >= 11 is 9.39. The Morgan fingerprint density at radius 3 is 2.64 bits per heavy atom. The molecule has 0 aromatic heterocycles. The quantitative estimate of drug-likeness (QED) is 0.634. The van der Waals surface area contributed by atoms with Crippen LogP contribution in [0.2, 0.25) is 5.02 Å². The second-order valence-electron chi connectivity index (χ2n) is 5.63. The Morgan fingerprint density at radius 1 is 1.32 bits per heavy atom. The third-order valence-corrected chi connectivity index (χ3v) is 4.25. The van der Waals surface area contributed by atoms with E-state index >= 15 is 0 Å². The van der Waals surface area contributed by atoms with E-state index in [1.54, 1.807) is 19.2 Å². The molecular weight excluding hydrogens is 410 g/mol. The van der Waals surface area contributed by atoms with Gasteiger partial charge in [-0.25, -0.2) is 4.79 Å². The molecule has 0 atom stereocenters. The first-order valence-electron chi connectivity index (χ1n) is 7.61. The van der Waals surface area contributed by atoms with Crippen molar-refractivity contribution in [3.05, 3.63) is 51.0 Å². The van der Waals surface area contributed by atoms with E-state index in [9.17, 15) is 4.79 Å². The van der Waals surface area contributed by atoms with Gasteiger partial charge in [0.05, 0.1) is 28.3 Å². The number of halogens is 2. The standard InChI is InChI=1S/C18H19BrClNO4/c1-10(2)25-17-14(19)6-11(7-16(17)24-3)9-21-12-4-5-15(20)13(8-12)18(22)23/h4-8,10,21H,9H2,1-3H3,(H,22,23). The highest BCUT2D eigenvalue weighted by atomic mass is 79.9. The Hall–Kier alpha value is -1.92. The summed E-state index contributed by atoms with van der Waals surface area (Å²) < 4.78 is 12.0. The van der Waals surface area contributed by atoms with Gasteiger partial charge in [0.25, 0.3) is 0 Å². The predicted octanol–water partition coefficient (Wildman–Crippen LogP) is 5.21. The van der Waals surface area contributed by atoms with Gasteiger partial charge >= 0.3 is 5.97 Å². The average molecular weight is 429 g/mol. The van der Waals surface area contributed by atoms with E-state index in [1.165, 1.54) is 6.07 Å². The van der Waals surface area contributed by atoms with Crippen LogP contribution in [0.5, 0.6) is 11.5 Å². The van der Waals surface area contributed by atoms with Crippen molar-refractivity contribution in [3.63, 3.8) is 0 Å². The minimum absolute atomic E-state index is 0.0256. The molecule has 0 aliphatic heterocycles. The lowest BCUT2D eigenvalue weighted by Crippen LogP contribution is -2.08. The number of hydrogen-bond acceptors (Lipinski definition) is 4. The van der Waals surface area contributed by atoms with E-state index in [0.717, 1.165) is 10.0 Å². The fourth-order valence-corrected chi connectivity index (χ4v) is 3.01. The first kappa shape index (κ1) is 19.4. The fraction of sp³-hybridized carbons (Fsp3) is 0.278. The van der Waals surface area contributed by atoms with Crippen LogP contribution in [-0.4, -0.2) is 24.3 Å². The number of aromatic carboxylic acids is 1. The van der Waals surface area contributed by atoms with E-state index in [-0.39, 0.29) is 16.7 Å². The van der Waals surface area contributed by atoms with Crippen molar-refractivity contribution < 1.29 is 19.4 Å². The van der Waals surface area contributed by atoms with Gasteiger partial charge in [-0.2, -0.15) is 0 Å². The molecule has 2 N–H and O–H groups in total. The van der Waals surface area contributed by atoms with E-state index < -0.39 is 5.97 Å². The maximum absolute atomic E-state index is 11.2. The minimum atomic E-state index is -1.06. The molecule has 0 radical (unpaired) electrons. The molecule has 0 spiro atoms. The number of ether oxygens (including phenoxy) is 2. The highest BCUT2D eigenvalue weighted by Gasteiger charge is 2.14. The van der Waals surface area contributed by atoms with Gasteiger partial charge in [0.1, 0.15) is 0 Å². The van der Waals surface area contributed by atoms with Gasteiger partial charge in [0.15, 0.2) is 11.5 Å². The first-order valence-corrected chi connectivity index (χ1v) is 8.78. The van der Waals surface area contributed by atoms with Crippen molar-refractivity contribution in [1.82, 2.24) is 0 Å². The average Bonchev–Trinajstić information content (AvgIpc) is 2.55. The molecule has 0 aliphatic rings. The van der Waals surface area contributed by atoms with E-state index in [4.69, 9.17) is 26.2 Å². The lowest BCUT2D eigenvalue weighted by atomic mass is 10.1. The van der Waals surface area contributed by atoms with Crippen molar-refractivity contribution in [3.8, 4) is 11.5 Å². The summed E-state index contributed by atoms with van der Waals surface area (Å²) in [6.45, 7) is 4.38. The molecule has 5 nitrogen and oxygen atoms in total. The molecule has 0 bridgehead atoms. The second kappa shape index (κ2) is 8.45. The number of rotatable bonds is 7. The molecular formula is C18H19BrClNO4. The Kier molecular flexibility index (Phi) is 6.56. The molecule has 2 rings (SSSR count). The maximum atomic E-state index is 11.2. The number of benzene rings is 2. The second-order valence-corrected chi connectivity index (χ2v) is 6.89. The Balaban J connectivity index is 2.20. The van der Waals surface area contributed by atoms with Crippen LogP contribution in [-0.2, 0) is 6.54 Å². The largest absolute Gasteiger partial charge is 0.493 e. The van der Waals surface area contributed by atoms with Gasteiger partial charge in [0, 0.05) is 12.2 Å². The molecule has 0 saturated carbocycles. The summed E-state index contributed by atoms with van der Waals surface area (Å²) in [5, 5.41) is 12.5. The zero-order valence-corrected chi connectivity index (χ0v) is 16.4. The normalized spacial score (nSPS) is 10.6. The lowest BCUT2D eigenvalue weighted by Gasteiger charge is -2.17. The van der Waals surface area contributed by atoms with Crippen LogP contribution in [0, 0.1) is 0 Å². The number of nitrogens with one attached hydrogen (secondary N) is 1. The number of carboxylic acids is 1. The SMILES string of the molecule is COc1cc(CNc2ccc(Cl)c(C(=O)O)c2)cc(Br)c1OC(C)C. The van der Waals surface area contributed by atoms with Crippen molar-refractivity contribution in [2.75, 3.05) is 12.4 Å². The molecule has 2 aromatic rings. The van der Waals surface area contributed by atoms with E-state index in [2.05, 4.69) is 21.2 Å².